The van der Waals surface area contributed by atoms with Crippen molar-refractivity contribution in [1.29, 1.82) is 0 Å². The first-order chi connectivity index (χ1) is 11.4. The molecule has 2 atom stereocenters. The van der Waals surface area contributed by atoms with E-state index in [1.165, 1.54) is 29.7 Å². The zero-order valence-electron chi connectivity index (χ0n) is 13.0. The van der Waals surface area contributed by atoms with Crippen LogP contribution in [-0.4, -0.2) is 54.2 Å². The molecule has 2 unspecified atom stereocenters. The van der Waals surface area contributed by atoms with E-state index in [1.807, 2.05) is 0 Å². The molecule has 1 aliphatic heterocycles. The van der Waals surface area contributed by atoms with Crippen LogP contribution in [0.2, 0.25) is 0 Å². The van der Waals surface area contributed by atoms with Crippen LogP contribution in [0.15, 0.2) is 29.2 Å². The molecule has 0 bridgehead atoms. The summed E-state index contributed by atoms with van der Waals surface area (Å²) in [6, 6.07) is 4.51. The number of carbonyl (C=O) groups excluding carboxylic acids is 1. The minimum Gasteiger partial charge on any atom is -0.481 e. The van der Waals surface area contributed by atoms with Crippen molar-refractivity contribution in [2.75, 3.05) is 13.2 Å². The maximum atomic E-state index is 12.7. The van der Waals surface area contributed by atoms with E-state index in [0.717, 1.165) is 4.31 Å². The van der Waals surface area contributed by atoms with Gasteiger partial charge in [-0.1, -0.05) is 5.92 Å². The van der Waals surface area contributed by atoms with Crippen LogP contribution in [0.1, 0.15) is 13.3 Å². The van der Waals surface area contributed by atoms with Crippen LogP contribution in [0.3, 0.4) is 0 Å². The van der Waals surface area contributed by atoms with Crippen molar-refractivity contribution in [3.05, 3.63) is 24.3 Å². The van der Waals surface area contributed by atoms with Gasteiger partial charge in [0.1, 0.15) is 18.4 Å². The Bertz CT molecular complexity index is 750. The molecule has 130 valence electrons. The highest BCUT2D eigenvalue weighted by Crippen LogP contribution is 2.27. The third kappa shape index (κ3) is 3.85. The van der Waals surface area contributed by atoms with Crippen molar-refractivity contribution in [2.24, 2.45) is 0 Å². The minimum atomic E-state index is -4.00. The topological polar surface area (TPSA) is 116 Å². The van der Waals surface area contributed by atoms with Gasteiger partial charge < -0.3 is 9.84 Å². The van der Waals surface area contributed by atoms with Gasteiger partial charge in [0.2, 0.25) is 10.0 Å². The molecule has 8 nitrogen and oxygen atoms in total. The molecule has 0 spiro atoms. The quantitative estimate of drug-likeness (QED) is 0.380. The third-order valence-corrected chi connectivity index (χ3v) is 5.45. The van der Waals surface area contributed by atoms with Crippen molar-refractivity contribution < 1.29 is 28.3 Å². The van der Waals surface area contributed by atoms with Crippen molar-refractivity contribution in [3.63, 3.8) is 0 Å². The molecule has 2 rings (SSSR count). The van der Waals surface area contributed by atoms with Crippen molar-refractivity contribution in [1.82, 2.24) is 9.79 Å². The van der Waals surface area contributed by atoms with Crippen LogP contribution in [0.5, 0.6) is 5.75 Å². The summed E-state index contributed by atoms with van der Waals surface area (Å²) in [6.07, 6.45) is -1.06. The van der Waals surface area contributed by atoms with Crippen LogP contribution < -0.4 is 10.2 Å². The smallest absolute Gasteiger partial charge is 0.261 e. The number of hydroxylamine groups is 1. The number of sulfonamides is 1. The number of amides is 1. The molecule has 3 N–H and O–H groups in total. The normalized spacial score (nSPS) is 21.0. The summed E-state index contributed by atoms with van der Waals surface area (Å²) < 4.78 is 31.5. The molecule has 0 aliphatic carbocycles. The maximum absolute atomic E-state index is 12.7. The summed E-state index contributed by atoms with van der Waals surface area (Å²) in [5, 5.41) is 18.4. The monoisotopic (exact) mass is 354 g/mol. The summed E-state index contributed by atoms with van der Waals surface area (Å²) in [4.78, 5) is 11.6. The molecule has 1 fully saturated rings. The lowest BCUT2D eigenvalue weighted by Crippen LogP contribution is -2.45. The molecule has 1 heterocycles. The third-order valence-electron chi connectivity index (χ3n) is 3.56. The van der Waals surface area contributed by atoms with E-state index in [4.69, 9.17) is 9.94 Å². The molecule has 1 saturated heterocycles. The number of benzene rings is 1. The highest BCUT2D eigenvalue weighted by molar-refractivity contribution is 7.89. The second kappa shape index (κ2) is 7.63. The molecular formula is C15H18N2O6S. The zero-order chi connectivity index (χ0) is 17.7. The van der Waals surface area contributed by atoms with E-state index < -0.39 is 28.1 Å². The van der Waals surface area contributed by atoms with Gasteiger partial charge in [-0.25, -0.2) is 13.9 Å². The Balaban J connectivity index is 2.22. The van der Waals surface area contributed by atoms with Crippen LogP contribution in [0.25, 0.3) is 0 Å². The van der Waals surface area contributed by atoms with E-state index in [1.54, 1.807) is 6.92 Å². The van der Waals surface area contributed by atoms with Gasteiger partial charge in [0, 0.05) is 13.0 Å². The molecule has 1 aromatic rings. The predicted molar refractivity (Wildman–Crippen MR) is 83.6 cm³/mol. The maximum Gasteiger partial charge on any atom is 0.261 e. The van der Waals surface area contributed by atoms with Crippen molar-refractivity contribution in [2.45, 2.75) is 30.4 Å². The first-order valence-corrected chi connectivity index (χ1v) is 8.60. The molecule has 1 aliphatic rings. The van der Waals surface area contributed by atoms with Gasteiger partial charge in [-0.05, 0) is 31.2 Å². The standard InChI is InChI=1S/C15H18N2O6S/c1-2-3-8-23-12-4-6-13(7-5-12)24(21,22)17-10-11(18)9-14(17)15(19)16-20/h4-7,11,14,18,20H,8-10H2,1H3,(H,16,19). The second-order valence-corrected chi connectivity index (χ2v) is 7.03. The summed E-state index contributed by atoms with van der Waals surface area (Å²) >= 11 is 0. The van der Waals surface area contributed by atoms with Crippen LogP contribution in [0.4, 0.5) is 0 Å². The van der Waals surface area contributed by atoms with Gasteiger partial charge in [-0.2, -0.15) is 4.31 Å². The van der Waals surface area contributed by atoms with E-state index in [-0.39, 0.29) is 24.5 Å². The number of aliphatic hydroxyl groups is 1. The molecule has 24 heavy (non-hydrogen) atoms. The molecule has 1 aromatic carbocycles. The number of carbonyl (C=O) groups is 1. The lowest BCUT2D eigenvalue weighted by atomic mass is 10.2. The number of rotatable bonds is 5. The fourth-order valence-electron chi connectivity index (χ4n) is 2.40. The zero-order valence-corrected chi connectivity index (χ0v) is 13.8. The van der Waals surface area contributed by atoms with Gasteiger partial charge in [0.15, 0.2) is 0 Å². The molecule has 1 amide bonds. The molecule has 9 heteroatoms. The molecule has 0 radical (unpaired) electrons. The fourth-order valence-corrected chi connectivity index (χ4v) is 4.03. The number of aliphatic hydroxyl groups excluding tert-OH is 1. The minimum absolute atomic E-state index is 0.0405. The van der Waals surface area contributed by atoms with Crippen molar-refractivity contribution in [3.8, 4) is 17.6 Å². The Hall–Kier alpha value is -2.12. The van der Waals surface area contributed by atoms with E-state index in [0.29, 0.717) is 5.75 Å². The largest absolute Gasteiger partial charge is 0.481 e. The highest BCUT2D eigenvalue weighted by atomic mass is 32.2. The number of hydrogen-bond acceptors (Lipinski definition) is 6. The number of β-amino-alcohol motifs (C(OH)–C–C–N with tert-alkyl or cyclic N) is 1. The van der Waals surface area contributed by atoms with Crippen LogP contribution >= 0.6 is 0 Å². The van der Waals surface area contributed by atoms with Gasteiger partial charge >= 0.3 is 0 Å². The average Bonchev–Trinajstić information content (AvgIpc) is 2.97. The summed E-state index contributed by atoms with van der Waals surface area (Å²) in [6.45, 7) is 1.66. The first-order valence-electron chi connectivity index (χ1n) is 7.16. The molecular weight excluding hydrogens is 336 g/mol. The first kappa shape index (κ1) is 18.2. The highest BCUT2D eigenvalue weighted by Gasteiger charge is 2.43. The van der Waals surface area contributed by atoms with E-state index in [2.05, 4.69) is 11.8 Å². The van der Waals surface area contributed by atoms with Gasteiger partial charge in [0.05, 0.1) is 11.0 Å². The van der Waals surface area contributed by atoms with Crippen molar-refractivity contribution >= 4 is 15.9 Å². The molecule has 0 aromatic heterocycles. The second-order valence-electron chi connectivity index (χ2n) is 5.14. The van der Waals surface area contributed by atoms with Crippen LogP contribution in [-0.2, 0) is 14.8 Å². The van der Waals surface area contributed by atoms with E-state index >= 15 is 0 Å². The average molecular weight is 354 g/mol. The Morgan fingerprint density at radius 3 is 2.67 bits per heavy atom. The fraction of sp³-hybridized carbons (Fsp3) is 0.400. The Labute approximate surface area is 140 Å². The van der Waals surface area contributed by atoms with Gasteiger partial charge in [-0.3, -0.25) is 10.0 Å². The van der Waals surface area contributed by atoms with Gasteiger partial charge in [-0.15, -0.1) is 5.92 Å². The van der Waals surface area contributed by atoms with E-state index in [9.17, 15) is 18.3 Å². The SMILES string of the molecule is CC#CCOc1ccc(S(=O)(=O)N2CC(O)CC2C(=O)NO)cc1. The number of nitrogens with zero attached hydrogens (tertiary/aromatic N) is 1. The lowest BCUT2D eigenvalue weighted by molar-refractivity contribution is -0.132. The number of ether oxygens (including phenoxy) is 1. The van der Waals surface area contributed by atoms with Gasteiger partial charge in [0.25, 0.3) is 5.91 Å². The molecule has 0 saturated carbocycles. The number of hydrogen-bond donors (Lipinski definition) is 3. The number of nitrogens with one attached hydrogen (secondary N) is 1. The lowest BCUT2D eigenvalue weighted by Gasteiger charge is -2.22. The predicted octanol–water partition coefficient (Wildman–Crippen LogP) is -0.282. The Kier molecular flexibility index (Phi) is 5.80. The summed E-state index contributed by atoms with van der Waals surface area (Å²) in [5.41, 5.74) is 1.43. The Morgan fingerprint density at radius 2 is 2.08 bits per heavy atom. The van der Waals surface area contributed by atoms with Crippen LogP contribution in [0, 0.1) is 11.8 Å². The summed E-state index contributed by atoms with van der Waals surface area (Å²) in [7, 11) is -4.00. The summed E-state index contributed by atoms with van der Waals surface area (Å²) in [5.74, 6) is 4.98. The Morgan fingerprint density at radius 1 is 1.42 bits per heavy atom.